The lowest BCUT2D eigenvalue weighted by Gasteiger charge is -2.23. The van der Waals surface area contributed by atoms with E-state index < -0.39 is 11.2 Å². The highest BCUT2D eigenvalue weighted by Gasteiger charge is 2.39. The minimum absolute atomic E-state index is 0.0327. The average molecular weight is 555 g/mol. The second-order valence-corrected chi connectivity index (χ2v) is 10.6. The maximum Gasteiger partial charge on any atom is 0.338 e. The number of amidine groups is 1. The first kappa shape index (κ1) is 27.3. The van der Waals surface area contributed by atoms with Crippen LogP contribution in [0.3, 0.4) is 0 Å². The lowest BCUT2D eigenvalue weighted by Crippen LogP contribution is -2.25. The zero-order valence-corrected chi connectivity index (χ0v) is 23.2. The molecule has 2 aliphatic rings. The Morgan fingerprint density at radius 1 is 1.00 bits per heavy atom. The Morgan fingerprint density at radius 3 is 2.40 bits per heavy atom. The second-order valence-electron chi connectivity index (χ2n) is 9.46. The molecule has 204 valence electrons. The fraction of sp³-hybridized carbons (Fsp3) is 0.258. The summed E-state index contributed by atoms with van der Waals surface area (Å²) in [5.41, 5.74) is 5.23. The molecule has 1 N–H and O–H groups in total. The van der Waals surface area contributed by atoms with Crippen LogP contribution in [0.25, 0.3) is 0 Å². The van der Waals surface area contributed by atoms with E-state index in [1.54, 1.807) is 31.2 Å². The van der Waals surface area contributed by atoms with Gasteiger partial charge in [0.05, 0.1) is 23.9 Å². The van der Waals surface area contributed by atoms with Crippen LogP contribution in [-0.2, 0) is 20.7 Å². The third-order valence-corrected chi connectivity index (χ3v) is 7.91. The van der Waals surface area contributed by atoms with E-state index in [4.69, 9.17) is 9.84 Å². The van der Waals surface area contributed by atoms with E-state index in [1.807, 2.05) is 35.3 Å². The number of carbonyl (C=O) groups is 3. The van der Waals surface area contributed by atoms with Crippen LogP contribution in [-0.4, -0.2) is 45.5 Å². The highest BCUT2D eigenvalue weighted by molar-refractivity contribution is 8.15. The van der Waals surface area contributed by atoms with Crippen LogP contribution in [0.1, 0.15) is 59.8 Å². The fourth-order valence-electron chi connectivity index (χ4n) is 4.62. The smallest absolute Gasteiger partial charge is 0.338 e. The van der Waals surface area contributed by atoms with Crippen molar-refractivity contribution in [3.8, 4) is 0 Å². The summed E-state index contributed by atoms with van der Waals surface area (Å²) in [4.78, 5) is 41.8. The normalized spacial score (nSPS) is 18.4. The van der Waals surface area contributed by atoms with E-state index in [-0.39, 0.29) is 30.9 Å². The molecule has 2 atom stereocenters. The molecule has 0 radical (unpaired) electrons. The first-order chi connectivity index (χ1) is 19.4. The summed E-state index contributed by atoms with van der Waals surface area (Å²) in [6.45, 7) is 4.15. The zero-order chi connectivity index (χ0) is 28.1. The minimum Gasteiger partial charge on any atom is -0.462 e. The Balaban J connectivity index is 1.28. The van der Waals surface area contributed by atoms with Gasteiger partial charge in [-0.3, -0.25) is 9.59 Å². The molecule has 3 aromatic rings. The number of anilines is 1. The SMILES string of the molecule is CCOC(=O)c1ccc(NC(=O)CC2SC(N3N=C(c4ccccc4)CC3c3ccc(CC)cc3)=NC2=O)cc1. The molecule has 2 unspecified atom stereocenters. The van der Waals surface area contributed by atoms with Gasteiger partial charge in [-0.1, -0.05) is 73.3 Å². The van der Waals surface area contributed by atoms with E-state index in [2.05, 4.69) is 41.5 Å². The summed E-state index contributed by atoms with van der Waals surface area (Å²) in [6.07, 6.45) is 1.60. The van der Waals surface area contributed by atoms with Crippen LogP contribution in [0.4, 0.5) is 5.69 Å². The zero-order valence-electron chi connectivity index (χ0n) is 22.4. The Bertz CT molecular complexity index is 1450. The summed E-state index contributed by atoms with van der Waals surface area (Å²) in [6, 6.07) is 24.8. The molecule has 8 nitrogen and oxygen atoms in total. The number of nitrogens with one attached hydrogen (secondary N) is 1. The third-order valence-electron chi connectivity index (χ3n) is 6.77. The number of carbonyl (C=O) groups excluding carboxylic acids is 3. The highest BCUT2D eigenvalue weighted by Crippen LogP contribution is 2.38. The second kappa shape index (κ2) is 12.3. The van der Waals surface area contributed by atoms with Gasteiger partial charge in [0.1, 0.15) is 5.25 Å². The van der Waals surface area contributed by atoms with Crippen molar-refractivity contribution in [1.29, 1.82) is 0 Å². The summed E-state index contributed by atoms with van der Waals surface area (Å²) < 4.78 is 4.99. The van der Waals surface area contributed by atoms with Gasteiger partial charge in [0.25, 0.3) is 5.91 Å². The van der Waals surface area contributed by atoms with Crippen molar-refractivity contribution in [2.24, 2.45) is 10.1 Å². The van der Waals surface area contributed by atoms with Gasteiger partial charge < -0.3 is 10.1 Å². The molecule has 0 aliphatic carbocycles. The molecule has 40 heavy (non-hydrogen) atoms. The van der Waals surface area contributed by atoms with Crippen molar-refractivity contribution in [3.05, 3.63) is 101 Å². The van der Waals surface area contributed by atoms with Crippen LogP contribution in [0.15, 0.2) is 89.0 Å². The van der Waals surface area contributed by atoms with Crippen molar-refractivity contribution < 1.29 is 19.1 Å². The lowest BCUT2D eigenvalue weighted by molar-refractivity contribution is -0.121. The van der Waals surface area contributed by atoms with Gasteiger partial charge in [0.15, 0.2) is 5.17 Å². The molecule has 2 amide bonds. The van der Waals surface area contributed by atoms with E-state index >= 15 is 0 Å². The fourth-order valence-corrected chi connectivity index (χ4v) is 5.68. The first-order valence-electron chi connectivity index (χ1n) is 13.3. The largest absolute Gasteiger partial charge is 0.462 e. The van der Waals surface area contributed by atoms with Crippen molar-refractivity contribution in [3.63, 3.8) is 0 Å². The molecule has 5 rings (SSSR count). The number of aliphatic imine (C=N–C) groups is 1. The number of hydrogen-bond acceptors (Lipinski definition) is 7. The summed E-state index contributed by atoms with van der Waals surface area (Å²) >= 11 is 1.27. The average Bonchev–Trinajstić information content (AvgIpc) is 3.58. The van der Waals surface area contributed by atoms with Gasteiger partial charge >= 0.3 is 5.97 Å². The molecule has 3 aromatic carbocycles. The lowest BCUT2D eigenvalue weighted by atomic mass is 9.97. The molecule has 0 saturated heterocycles. The molecule has 0 aromatic heterocycles. The van der Waals surface area contributed by atoms with Crippen molar-refractivity contribution in [2.45, 2.75) is 44.4 Å². The number of ether oxygens (including phenoxy) is 1. The van der Waals surface area contributed by atoms with E-state index in [1.165, 1.54) is 17.3 Å². The Kier molecular flexibility index (Phi) is 8.40. The Hall–Kier alpha value is -4.24. The maximum atomic E-state index is 12.9. The molecule has 9 heteroatoms. The molecule has 2 aliphatic heterocycles. The number of hydrazone groups is 1. The van der Waals surface area contributed by atoms with Gasteiger partial charge in [-0.2, -0.15) is 10.1 Å². The third kappa shape index (κ3) is 6.15. The van der Waals surface area contributed by atoms with Crippen molar-refractivity contribution in [1.82, 2.24) is 5.01 Å². The van der Waals surface area contributed by atoms with Crippen LogP contribution in [0.5, 0.6) is 0 Å². The maximum absolute atomic E-state index is 12.9. The highest BCUT2D eigenvalue weighted by atomic mass is 32.2. The van der Waals surface area contributed by atoms with Gasteiger partial charge in [-0.05, 0) is 54.3 Å². The van der Waals surface area contributed by atoms with Gasteiger partial charge in [-0.25, -0.2) is 9.80 Å². The molecular weight excluding hydrogens is 524 g/mol. The minimum atomic E-state index is -0.645. The number of benzene rings is 3. The number of nitrogens with zero attached hydrogens (tertiary/aromatic N) is 3. The standard InChI is InChI=1S/C31H30N4O4S/c1-3-20-10-12-22(13-11-20)26-18-25(21-8-6-5-7-9-21)34-35(26)31-33-29(37)27(40-31)19-28(36)32-24-16-14-23(15-17-24)30(38)39-4-2/h5-17,26-27H,3-4,18-19H2,1-2H3,(H,32,36). The number of thioether (sulfide) groups is 1. The summed E-state index contributed by atoms with van der Waals surface area (Å²) in [5.74, 6) is -1.08. The Morgan fingerprint density at radius 2 is 1.73 bits per heavy atom. The molecule has 0 bridgehead atoms. The summed E-state index contributed by atoms with van der Waals surface area (Å²) in [7, 11) is 0. The van der Waals surface area contributed by atoms with Gasteiger partial charge in [-0.15, -0.1) is 0 Å². The van der Waals surface area contributed by atoms with Crippen molar-refractivity contribution in [2.75, 3.05) is 11.9 Å². The number of rotatable bonds is 8. The quantitative estimate of drug-likeness (QED) is 0.364. The van der Waals surface area contributed by atoms with Gasteiger partial charge in [0, 0.05) is 18.5 Å². The van der Waals surface area contributed by atoms with E-state index in [0.29, 0.717) is 22.8 Å². The predicted octanol–water partition coefficient (Wildman–Crippen LogP) is 5.60. The van der Waals surface area contributed by atoms with Crippen molar-refractivity contribution >= 4 is 46.1 Å². The first-order valence-corrected chi connectivity index (χ1v) is 14.2. The van der Waals surface area contributed by atoms with E-state index in [0.717, 1.165) is 23.3 Å². The topological polar surface area (TPSA) is 100 Å². The van der Waals surface area contributed by atoms with Crippen LogP contribution >= 0.6 is 11.8 Å². The number of esters is 1. The number of hydrogen-bond donors (Lipinski definition) is 1. The number of aryl methyl sites for hydroxylation is 1. The van der Waals surface area contributed by atoms with Gasteiger partial charge in [0.2, 0.25) is 5.91 Å². The van der Waals surface area contributed by atoms with Crippen LogP contribution < -0.4 is 5.32 Å². The Labute approximate surface area is 237 Å². The molecule has 2 heterocycles. The van der Waals surface area contributed by atoms with E-state index in [9.17, 15) is 14.4 Å². The number of amides is 2. The molecular formula is C31H30N4O4S. The monoisotopic (exact) mass is 554 g/mol. The molecule has 0 saturated carbocycles. The summed E-state index contributed by atoms with van der Waals surface area (Å²) in [5, 5.41) is 9.38. The van der Waals surface area contributed by atoms with Crippen LogP contribution in [0.2, 0.25) is 0 Å². The predicted molar refractivity (Wildman–Crippen MR) is 157 cm³/mol. The molecule has 0 spiro atoms. The van der Waals surface area contributed by atoms with Crippen LogP contribution in [0, 0.1) is 0 Å². The molecule has 0 fully saturated rings.